The first-order valence-electron chi connectivity index (χ1n) is 7.96. The highest BCUT2D eigenvalue weighted by atomic mass is 32.1. The molecule has 25 heavy (non-hydrogen) atoms. The predicted octanol–water partition coefficient (Wildman–Crippen LogP) is 5.12. The second kappa shape index (κ2) is 8.35. The summed E-state index contributed by atoms with van der Waals surface area (Å²) in [6.07, 6.45) is 1.22. The van der Waals surface area contributed by atoms with Crippen LogP contribution in [0.1, 0.15) is 12.0 Å². The lowest BCUT2D eigenvalue weighted by atomic mass is 10.2. The topological polar surface area (TPSA) is 47.6 Å². The zero-order valence-corrected chi connectivity index (χ0v) is 14.7. The second-order valence-corrected chi connectivity index (χ2v) is 6.24. The average Bonchev–Trinajstić information content (AvgIpc) is 3.16. The normalized spacial score (nSPS) is 10.3. The Morgan fingerprint density at radius 3 is 2.48 bits per heavy atom. The molecular formula is C20H19NO3S. The summed E-state index contributed by atoms with van der Waals surface area (Å²) in [7, 11) is 1.61. The highest BCUT2D eigenvalue weighted by molar-refractivity contribution is 7.07. The third-order valence-corrected chi connectivity index (χ3v) is 4.39. The van der Waals surface area contributed by atoms with E-state index in [1.165, 1.54) is 5.56 Å². The summed E-state index contributed by atoms with van der Waals surface area (Å²) in [5.41, 5.74) is 1.95. The summed E-state index contributed by atoms with van der Waals surface area (Å²) >= 11 is 1.65. The highest BCUT2D eigenvalue weighted by Gasteiger charge is 2.06. The summed E-state index contributed by atoms with van der Waals surface area (Å²) in [5, 5.41) is 6.99. The van der Waals surface area contributed by atoms with Crippen LogP contribution >= 0.6 is 11.3 Å². The van der Waals surface area contributed by atoms with Crippen LogP contribution in [0.5, 0.6) is 17.2 Å². The van der Waals surface area contributed by atoms with Crippen molar-refractivity contribution in [1.29, 1.82) is 0 Å². The van der Waals surface area contributed by atoms with Gasteiger partial charge >= 0.3 is 0 Å². The first-order chi connectivity index (χ1) is 12.2. The maximum atomic E-state index is 12.0. The van der Waals surface area contributed by atoms with E-state index in [-0.39, 0.29) is 5.91 Å². The van der Waals surface area contributed by atoms with Crippen LogP contribution in [0, 0.1) is 0 Å². The molecule has 0 bridgehead atoms. The lowest BCUT2D eigenvalue weighted by molar-refractivity contribution is -0.116. The van der Waals surface area contributed by atoms with E-state index in [1.54, 1.807) is 18.4 Å². The van der Waals surface area contributed by atoms with Gasteiger partial charge in [-0.2, -0.15) is 11.3 Å². The Kier molecular flexibility index (Phi) is 5.69. The van der Waals surface area contributed by atoms with Gasteiger partial charge in [-0.05, 0) is 65.2 Å². The smallest absolute Gasteiger partial charge is 0.224 e. The van der Waals surface area contributed by atoms with Crippen molar-refractivity contribution in [3.8, 4) is 17.2 Å². The second-order valence-electron chi connectivity index (χ2n) is 5.46. The van der Waals surface area contributed by atoms with Gasteiger partial charge in [0.25, 0.3) is 0 Å². The summed E-state index contributed by atoms with van der Waals surface area (Å²) in [6, 6.07) is 16.8. The third kappa shape index (κ3) is 4.84. The van der Waals surface area contributed by atoms with Gasteiger partial charge in [0.05, 0.1) is 7.11 Å². The van der Waals surface area contributed by atoms with E-state index in [9.17, 15) is 4.79 Å². The number of rotatable bonds is 7. The Hall–Kier alpha value is -2.79. The van der Waals surface area contributed by atoms with Crippen LogP contribution in [0.15, 0.2) is 65.4 Å². The minimum Gasteiger partial charge on any atom is -0.493 e. The van der Waals surface area contributed by atoms with E-state index >= 15 is 0 Å². The van der Waals surface area contributed by atoms with Crippen LogP contribution in [-0.4, -0.2) is 13.0 Å². The van der Waals surface area contributed by atoms with Crippen LogP contribution in [0.3, 0.4) is 0 Å². The largest absolute Gasteiger partial charge is 0.493 e. The van der Waals surface area contributed by atoms with E-state index in [4.69, 9.17) is 9.47 Å². The first-order valence-corrected chi connectivity index (χ1v) is 8.91. The van der Waals surface area contributed by atoms with Gasteiger partial charge in [-0.1, -0.05) is 12.1 Å². The monoisotopic (exact) mass is 353 g/mol. The number of ether oxygens (including phenoxy) is 2. The number of amides is 1. The molecule has 0 aliphatic rings. The van der Waals surface area contributed by atoms with Gasteiger partial charge in [0.15, 0.2) is 11.5 Å². The number of aryl methyl sites for hydroxylation is 1. The van der Waals surface area contributed by atoms with Gasteiger partial charge in [-0.15, -0.1) is 0 Å². The van der Waals surface area contributed by atoms with Gasteiger partial charge in [0.2, 0.25) is 5.91 Å². The van der Waals surface area contributed by atoms with Gasteiger partial charge in [-0.3, -0.25) is 4.79 Å². The molecule has 128 valence electrons. The van der Waals surface area contributed by atoms with Crippen molar-refractivity contribution < 1.29 is 14.3 Å². The maximum absolute atomic E-state index is 12.0. The van der Waals surface area contributed by atoms with E-state index in [2.05, 4.69) is 10.7 Å². The lowest BCUT2D eigenvalue weighted by Gasteiger charge is -2.10. The van der Waals surface area contributed by atoms with Crippen molar-refractivity contribution in [2.24, 2.45) is 0 Å². The van der Waals surface area contributed by atoms with E-state index < -0.39 is 0 Å². The molecule has 4 nitrogen and oxygen atoms in total. The zero-order chi connectivity index (χ0) is 17.5. The molecule has 0 radical (unpaired) electrons. The van der Waals surface area contributed by atoms with E-state index in [0.29, 0.717) is 23.7 Å². The standard InChI is InChI=1S/C20H19NO3S/c1-23-18-4-2-3-5-19(18)24-17-9-7-16(8-10-17)21-20(22)11-6-15-12-13-25-14-15/h2-5,7-10,12-14H,6,11H2,1H3,(H,21,22). The lowest BCUT2D eigenvalue weighted by Crippen LogP contribution is -2.12. The fraction of sp³-hybridized carbons (Fsp3) is 0.150. The molecule has 0 spiro atoms. The number of carbonyl (C=O) groups is 1. The van der Waals surface area contributed by atoms with Gasteiger partial charge in [0.1, 0.15) is 5.75 Å². The number of methoxy groups -OCH3 is 1. The van der Waals surface area contributed by atoms with Crippen LogP contribution in [-0.2, 0) is 11.2 Å². The molecule has 1 aromatic heterocycles. The molecule has 0 atom stereocenters. The number of carbonyl (C=O) groups excluding carboxylic acids is 1. The number of thiophene rings is 1. The van der Waals surface area contributed by atoms with Crippen LogP contribution < -0.4 is 14.8 Å². The summed E-state index contributed by atoms with van der Waals surface area (Å²) in [5.74, 6) is 2.01. The quantitative estimate of drug-likeness (QED) is 0.641. The maximum Gasteiger partial charge on any atom is 0.224 e. The molecule has 0 fully saturated rings. The number of anilines is 1. The Bertz CT molecular complexity index is 813. The average molecular weight is 353 g/mol. The van der Waals surface area contributed by atoms with Gasteiger partial charge in [-0.25, -0.2) is 0 Å². The number of benzene rings is 2. The summed E-state index contributed by atoms with van der Waals surface area (Å²) in [4.78, 5) is 12.0. The van der Waals surface area contributed by atoms with Crippen molar-refractivity contribution in [3.63, 3.8) is 0 Å². The van der Waals surface area contributed by atoms with E-state index in [1.807, 2.05) is 60.0 Å². The number of hydrogen-bond acceptors (Lipinski definition) is 4. The molecule has 1 heterocycles. The summed E-state index contributed by atoms with van der Waals surface area (Å²) < 4.78 is 11.1. The van der Waals surface area contributed by atoms with Crippen molar-refractivity contribution in [3.05, 3.63) is 70.9 Å². The Morgan fingerprint density at radius 2 is 1.80 bits per heavy atom. The first kappa shape index (κ1) is 17.0. The molecule has 1 amide bonds. The number of para-hydroxylation sites is 2. The molecule has 0 aliphatic heterocycles. The molecule has 3 rings (SSSR count). The van der Waals surface area contributed by atoms with Crippen molar-refractivity contribution in [2.75, 3.05) is 12.4 Å². The highest BCUT2D eigenvalue weighted by Crippen LogP contribution is 2.31. The molecule has 1 N–H and O–H groups in total. The molecule has 0 unspecified atom stereocenters. The Balaban J connectivity index is 1.55. The molecule has 3 aromatic rings. The van der Waals surface area contributed by atoms with Crippen molar-refractivity contribution in [2.45, 2.75) is 12.8 Å². The fourth-order valence-corrected chi connectivity index (χ4v) is 3.06. The van der Waals surface area contributed by atoms with Gasteiger partial charge in [0, 0.05) is 12.1 Å². The Labute approximate surface area is 151 Å². The third-order valence-electron chi connectivity index (χ3n) is 3.66. The minimum absolute atomic E-state index is 0.00426. The Morgan fingerprint density at radius 1 is 1.04 bits per heavy atom. The molecule has 5 heteroatoms. The van der Waals surface area contributed by atoms with Crippen LogP contribution in [0.2, 0.25) is 0 Å². The predicted molar refractivity (Wildman–Crippen MR) is 101 cm³/mol. The zero-order valence-electron chi connectivity index (χ0n) is 13.9. The van der Waals surface area contributed by atoms with Gasteiger partial charge < -0.3 is 14.8 Å². The molecule has 2 aromatic carbocycles. The molecular weight excluding hydrogens is 334 g/mol. The van der Waals surface area contributed by atoms with Crippen LogP contribution in [0.4, 0.5) is 5.69 Å². The number of nitrogens with one attached hydrogen (secondary N) is 1. The molecule has 0 saturated heterocycles. The minimum atomic E-state index is 0.00426. The number of hydrogen-bond donors (Lipinski definition) is 1. The summed E-state index contributed by atoms with van der Waals surface area (Å²) in [6.45, 7) is 0. The van der Waals surface area contributed by atoms with Crippen LogP contribution in [0.25, 0.3) is 0 Å². The SMILES string of the molecule is COc1ccccc1Oc1ccc(NC(=O)CCc2ccsc2)cc1. The molecule has 0 saturated carbocycles. The fourth-order valence-electron chi connectivity index (χ4n) is 2.35. The van der Waals surface area contributed by atoms with Crippen molar-refractivity contribution in [1.82, 2.24) is 0 Å². The molecule has 0 aliphatic carbocycles. The van der Waals surface area contributed by atoms with Crippen molar-refractivity contribution >= 4 is 22.9 Å². The van der Waals surface area contributed by atoms with E-state index in [0.717, 1.165) is 12.1 Å².